The molecule has 2 aromatic rings. The van der Waals surface area contributed by atoms with Gasteiger partial charge in [0.15, 0.2) is 0 Å². The van der Waals surface area contributed by atoms with E-state index in [2.05, 4.69) is 10.2 Å². The van der Waals surface area contributed by atoms with Crippen molar-refractivity contribution in [2.45, 2.75) is 25.4 Å². The van der Waals surface area contributed by atoms with Crippen molar-refractivity contribution in [3.8, 4) is 11.5 Å². The maximum absolute atomic E-state index is 12.5. The quantitative estimate of drug-likeness (QED) is 0.705. The summed E-state index contributed by atoms with van der Waals surface area (Å²) in [5.74, 6) is 0.358. The summed E-state index contributed by atoms with van der Waals surface area (Å²) in [6.45, 7) is -0.0603. The fourth-order valence-corrected chi connectivity index (χ4v) is 2.85. The minimum atomic E-state index is -3.42. The highest BCUT2D eigenvalue weighted by Gasteiger charge is 2.34. The van der Waals surface area contributed by atoms with Gasteiger partial charge < -0.3 is 9.32 Å². The van der Waals surface area contributed by atoms with Crippen LogP contribution in [0.2, 0.25) is 5.02 Å². The van der Waals surface area contributed by atoms with Crippen molar-refractivity contribution in [3.63, 3.8) is 0 Å². The minimum absolute atomic E-state index is 0.0846. The van der Waals surface area contributed by atoms with Crippen LogP contribution in [0.5, 0.6) is 0 Å². The van der Waals surface area contributed by atoms with Crippen molar-refractivity contribution in [3.05, 3.63) is 35.2 Å². The average Bonchev–Trinajstić information content (AvgIpc) is 3.30. The summed E-state index contributed by atoms with van der Waals surface area (Å²) >= 11 is 5.87. The number of rotatable bonds is 7. The molecule has 8 nitrogen and oxygen atoms in total. The summed E-state index contributed by atoms with van der Waals surface area (Å²) in [7, 11) is -2.04. The number of carbonyl (C=O) groups is 1. The molecule has 0 saturated heterocycles. The molecule has 1 saturated carbocycles. The van der Waals surface area contributed by atoms with Crippen LogP contribution in [0, 0.1) is 0 Å². The molecule has 0 aliphatic heterocycles. The Morgan fingerprint density at radius 1 is 1.27 bits per heavy atom. The van der Waals surface area contributed by atoms with Gasteiger partial charge in [-0.25, -0.2) is 8.42 Å². The number of nitrogens with zero attached hydrogens (tertiary/aromatic N) is 4. The van der Waals surface area contributed by atoms with Gasteiger partial charge in [-0.1, -0.05) is 11.6 Å². The monoisotopic (exact) mass is 398 g/mol. The summed E-state index contributed by atoms with van der Waals surface area (Å²) in [6, 6.07) is 7.07. The SMILES string of the molecule is CN(CC(=O)N(Cc1nnc(-c2ccc(Cl)cc2)o1)C1CC1)S(C)(=O)=O. The molecule has 0 bridgehead atoms. The lowest BCUT2D eigenvalue weighted by Crippen LogP contribution is -2.41. The van der Waals surface area contributed by atoms with Gasteiger partial charge in [-0.05, 0) is 37.1 Å². The lowest BCUT2D eigenvalue weighted by molar-refractivity contribution is -0.132. The molecule has 0 unspecified atom stereocenters. The maximum atomic E-state index is 12.5. The molecule has 1 aromatic heterocycles. The van der Waals surface area contributed by atoms with Crippen LogP contribution < -0.4 is 0 Å². The van der Waals surface area contributed by atoms with Gasteiger partial charge in [0, 0.05) is 23.7 Å². The fourth-order valence-electron chi connectivity index (χ4n) is 2.38. The van der Waals surface area contributed by atoms with Gasteiger partial charge in [-0.3, -0.25) is 4.79 Å². The summed E-state index contributed by atoms with van der Waals surface area (Å²) in [5.41, 5.74) is 0.731. The second kappa shape index (κ2) is 7.34. The van der Waals surface area contributed by atoms with E-state index in [0.29, 0.717) is 16.8 Å². The Morgan fingerprint density at radius 3 is 2.50 bits per heavy atom. The van der Waals surface area contributed by atoms with Crippen molar-refractivity contribution >= 4 is 27.5 Å². The highest BCUT2D eigenvalue weighted by atomic mass is 35.5. The van der Waals surface area contributed by atoms with Crippen LogP contribution in [0.4, 0.5) is 0 Å². The smallest absolute Gasteiger partial charge is 0.247 e. The Kier molecular flexibility index (Phi) is 5.31. The van der Waals surface area contributed by atoms with E-state index in [9.17, 15) is 13.2 Å². The molecule has 26 heavy (non-hydrogen) atoms. The van der Waals surface area contributed by atoms with Crippen LogP contribution in [-0.2, 0) is 21.4 Å². The first-order chi connectivity index (χ1) is 12.2. The van der Waals surface area contributed by atoms with E-state index in [1.807, 2.05) is 0 Å². The van der Waals surface area contributed by atoms with E-state index >= 15 is 0 Å². The first kappa shape index (κ1) is 18.8. The molecule has 140 valence electrons. The van der Waals surface area contributed by atoms with Gasteiger partial charge in [0.05, 0.1) is 19.3 Å². The number of amides is 1. The minimum Gasteiger partial charge on any atom is -0.419 e. The second-order valence-electron chi connectivity index (χ2n) is 6.28. The van der Waals surface area contributed by atoms with Crippen molar-refractivity contribution < 1.29 is 17.6 Å². The summed E-state index contributed by atoms with van der Waals surface area (Å²) in [5, 5.41) is 8.61. The van der Waals surface area contributed by atoms with E-state index in [0.717, 1.165) is 29.0 Å². The van der Waals surface area contributed by atoms with Crippen LogP contribution in [-0.4, -0.2) is 59.6 Å². The largest absolute Gasteiger partial charge is 0.419 e. The molecule has 10 heteroatoms. The van der Waals surface area contributed by atoms with E-state index in [-0.39, 0.29) is 25.0 Å². The number of aromatic nitrogens is 2. The predicted molar refractivity (Wildman–Crippen MR) is 95.8 cm³/mol. The molecular formula is C16H19ClN4O4S. The molecule has 0 radical (unpaired) electrons. The number of hydrogen-bond acceptors (Lipinski definition) is 6. The number of likely N-dealkylation sites (N-methyl/N-ethyl adjacent to an activating group) is 1. The van der Waals surface area contributed by atoms with Crippen molar-refractivity contribution in [1.82, 2.24) is 19.4 Å². The van der Waals surface area contributed by atoms with E-state index in [4.69, 9.17) is 16.0 Å². The average molecular weight is 399 g/mol. The molecule has 1 heterocycles. The molecule has 0 atom stereocenters. The van der Waals surface area contributed by atoms with E-state index in [1.165, 1.54) is 7.05 Å². The van der Waals surface area contributed by atoms with E-state index < -0.39 is 10.0 Å². The number of halogens is 1. The maximum Gasteiger partial charge on any atom is 0.247 e. The molecule has 1 fully saturated rings. The predicted octanol–water partition coefficient (Wildman–Crippen LogP) is 1.77. The lowest BCUT2D eigenvalue weighted by Gasteiger charge is -2.23. The Labute approximate surface area is 156 Å². The Bertz CT molecular complexity index is 893. The van der Waals surface area contributed by atoms with Crippen molar-refractivity contribution in [2.75, 3.05) is 19.8 Å². The molecule has 1 aliphatic carbocycles. The fraction of sp³-hybridized carbons (Fsp3) is 0.438. The third kappa shape index (κ3) is 4.60. The number of hydrogen-bond donors (Lipinski definition) is 0. The van der Waals surface area contributed by atoms with Crippen molar-refractivity contribution in [1.29, 1.82) is 0 Å². The first-order valence-electron chi connectivity index (χ1n) is 8.03. The zero-order valence-electron chi connectivity index (χ0n) is 14.4. The van der Waals surface area contributed by atoms with Crippen LogP contribution in [0.25, 0.3) is 11.5 Å². The Balaban J connectivity index is 1.71. The van der Waals surface area contributed by atoms with Crippen LogP contribution in [0.3, 0.4) is 0 Å². The molecular weight excluding hydrogens is 380 g/mol. The van der Waals surface area contributed by atoms with Gasteiger partial charge in [-0.2, -0.15) is 4.31 Å². The van der Waals surface area contributed by atoms with Gasteiger partial charge in [0.2, 0.25) is 27.7 Å². The molecule has 0 spiro atoms. The Morgan fingerprint density at radius 2 is 1.92 bits per heavy atom. The summed E-state index contributed by atoms with van der Waals surface area (Å²) < 4.78 is 29.7. The summed E-state index contributed by atoms with van der Waals surface area (Å²) in [4.78, 5) is 14.1. The van der Waals surface area contributed by atoms with E-state index in [1.54, 1.807) is 29.2 Å². The third-order valence-corrected chi connectivity index (χ3v) is 5.61. The topological polar surface area (TPSA) is 96.6 Å². The molecule has 1 amide bonds. The van der Waals surface area contributed by atoms with Gasteiger partial charge >= 0.3 is 0 Å². The summed E-state index contributed by atoms with van der Waals surface area (Å²) in [6.07, 6.45) is 2.83. The molecule has 1 aromatic carbocycles. The first-order valence-corrected chi connectivity index (χ1v) is 10.3. The standard InChI is InChI=1S/C16H19ClN4O4S/c1-20(26(2,23)24)10-15(22)21(13-7-8-13)9-14-18-19-16(25-14)11-3-5-12(17)6-4-11/h3-6,13H,7-10H2,1-2H3. The Hall–Kier alpha value is -1.97. The zero-order chi connectivity index (χ0) is 18.9. The van der Waals surface area contributed by atoms with Gasteiger partial charge in [0.25, 0.3) is 0 Å². The highest BCUT2D eigenvalue weighted by Crippen LogP contribution is 2.29. The van der Waals surface area contributed by atoms with Crippen LogP contribution in [0.15, 0.2) is 28.7 Å². The van der Waals surface area contributed by atoms with Crippen LogP contribution >= 0.6 is 11.6 Å². The molecule has 0 N–H and O–H groups in total. The second-order valence-corrected chi connectivity index (χ2v) is 8.81. The lowest BCUT2D eigenvalue weighted by atomic mass is 10.2. The van der Waals surface area contributed by atoms with Crippen LogP contribution in [0.1, 0.15) is 18.7 Å². The number of benzene rings is 1. The van der Waals surface area contributed by atoms with Crippen molar-refractivity contribution in [2.24, 2.45) is 0 Å². The highest BCUT2D eigenvalue weighted by molar-refractivity contribution is 7.88. The van der Waals surface area contributed by atoms with Gasteiger partial charge in [0.1, 0.15) is 0 Å². The van der Waals surface area contributed by atoms with Gasteiger partial charge in [-0.15, -0.1) is 10.2 Å². The third-order valence-electron chi connectivity index (χ3n) is 4.10. The zero-order valence-corrected chi connectivity index (χ0v) is 16.0. The molecule has 3 rings (SSSR count). The number of carbonyl (C=O) groups excluding carboxylic acids is 1. The number of sulfonamides is 1. The normalized spacial score (nSPS) is 14.6. The molecule has 1 aliphatic rings.